The van der Waals surface area contributed by atoms with Gasteiger partial charge in [0.15, 0.2) is 0 Å². The van der Waals surface area contributed by atoms with Gasteiger partial charge in [-0.1, -0.05) is 13.8 Å². The summed E-state index contributed by atoms with van der Waals surface area (Å²) in [6.07, 6.45) is -0.317. The van der Waals surface area contributed by atoms with Crippen LogP contribution < -0.4 is 20.1 Å². The highest BCUT2D eigenvalue weighted by Crippen LogP contribution is 2.17. The molecule has 0 radical (unpaired) electrons. The minimum atomic E-state index is -0.653. The molecule has 0 aliphatic carbocycles. The number of alkyl carbamates (subject to hydrolysis) is 1. The van der Waals surface area contributed by atoms with Crippen LogP contribution in [0.5, 0.6) is 11.5 Å². The van der Waals surface area contributed by atoms with Gasteiger partial charge in [-0.2, -0.15) is 0 Å². The number of methoxy groups -OCH3 is 1. The van der Waals surface area contributed by atoms with Crippen molar-refractivity contribution in [1.82, 2.24) is 10.6 Å². The average molecular weight is 380 g/mol. The zero-order chi connectivity index (χ0) is 20.4. The predicted molar refractivity (Wildman–Crippen MR) is 104 cm³/mol. The first-order valence-electron chi connectivity index (χ1n) is 9.25. The molecule has 1 aromatic rings. The Balaban J connectivity index is 2.55. The van der Waals surface area contributed by atoms with E-state index in [0.717, 1.165) is 5.75 Å². The van der Waals surface area contributed by atoms with E-state index >= 15 is 0 Å². The highest BCUT2D eigenvalue weighted by atomic mass is 16.6. The molecule has 0 spiro atoms. The van der Waals surface area contributed by atoms with Crippen molar-refractivity contribution in [2.45, 2.75) is 59.2 Å². The third-order valence-corrected chi connectivity index (χ3v) is 3.61. The molecule has 7 heteroatoms. The molecule has 0 heterocycles. The van der Waals surface area contributed by atoms with E-state index in [-0.39, 0.29) is 24.0 Å². The Hall–Kier alpha value is -2.44. The highest BCUT2D eigenvalue weighted by molar-refractivity contribution is 5.85. The topological polar surface area (TPSA) is 85.9 Å². The Kier molecular flexibility index (Phi) is 9.47. The largest absolute Gasteiger partial charge is 0.497 e. The predicted octanol–water partition coefficient (Wildman–Crippen LogP) is 3.13. The lowest BCUT2D eigenvalue weighted by molar-refractivity contribution is -0.124. The van der Waals surface area contributed by atoms with Gasteiger partial charge in [0, 0.05) is 0 Å². The van der Waals surface area contributed by atoms with Crippen LogP contribution in [0.15, 0.2) is 24.3 Å². The van der Waals surface area contributed by atoms with Gasteiger partial charge in [-0.15, -0.1) is 0 Å². The van der Waals surface area contributed by atoms with Crippen LogP contribution in [0.2, 0.25) is 0 Å². The highest BCUT2D eigenvalue weighted by Gasteiger charge is 2.24. The van der Waals surface area contributed by atoms with Crippen LogP contribution in [-0.4, -0.2) is 43.9 Å². The monoisotopic (exact) mass is 380 g/mol. The molecule has 0 aliphatic heterocycles. The van der Waals surface area contributed by atoms with Gasteiger partial charge >= 0.3 is 6.09 Å². The quantitative estimate of drug-likeness (QED) is 0.651. The van der Waals surface area contributed by atoms with E-state index in [4.69, 9.17) is 14.2 Å². The van der Waals surface area contributed by atoms with Crippen LogP contribution >= 0.6 is 0 Å². The summed E-state index contributed by atoms with van der Waals surface area (Å²) in [5.74, 6) is 1.43. The molecule has 1 aromatic carbocycles. The van der Waals surface area contributed by atoms with E-state index in [2.05, 4.69) is 10.6 Å². The number of ether oxygens (including phenoxy) is 3. The molecule has 0 fully saturated rings. The summed E-state index contributed by atoms with van der Waals surface area (Å²) < 4.78 is 15.9. The molecule has 27 heavy (non-hydrogen) atoms. The van der Waals surface area contributed by atoms with Crippen molar-refractivity contribution in [1.29, 1.82) is 0 Å². The number of amides is 2. The van der Waals surface area contributed by atoms with Crippen molar-refractivity contribution >= 4 is 12.0 Å². The first kappa shape index (κ1) is 22.6. The second-order valence-corrected chi connectivity index (χ2v) is 7.18. The van der Waals surface area contributed by atoms with Crippen LogP contribution in [0.4, 0.5) is 4.79 Å². The number of hydrogen-bond acceptors (Lipinski definition) is 5. The standard InChI is InChI=1S/C20H32N2O5/c1-13(2)11-18(22-20(24)27-14(3)4)19(23)21-15(5)12-26-17-9-7-16(25-6)8-10-17/h7-10,13-15,18H,11-12H2,1-6H3,(H,21,23)(H,22,24). The summed E-state index contributed by atoms with van der Waals surface area (Å²) in [5.41, 5.74) is 0. The molecule has 1 rings (SSSR count). The second-order valence-electron chi connectivity index (χ2n) is 7.18. The summed E-state index contributed by atoms with van der Waals surface area (Å²) in [5, 5.41) is 5.52. The fourth-order valence-electron chi connectivity index (χ4n) is 2.37. The Morgan fingerprint density at radius 2 is 1.56 bits per heavy atom. The maximum absolute atomic E-state index is 12.6. The Labute approximate surface area is 161 Å². The lowest BCUT2D eigenvalue weighted by Crippen LogP contribution is -2.51. The van der Waals surface area contributed by atoms with E-state index in [1.807, 2.05) is 32.9 Å². The summed E-state index contributed by atoms with van der Waals surface area (Å²) in [4.78, 5) is 24.4. The van der Waals surface area contributed by atoms with Crippen molar-refractivity contribution < 1.29 is 23.8 Å². The summed E-state index contributed by atoms with van der Waals surface area (Å²) >= 11 is 0. The van der Waals surface area contributed by atoms with Gasteiger partial charge in [-0.3, -0.25) is 4.79 Å². The van der Waals surface area contributed by atoms with Gasteiger partial charge in [0.25, 0.3) is 0 Å². The van der Waals surface area contributed by atoms with E-state index in [9.17, 15) is 9.59 Å². The van der Waals surface area contributed by atoms with Crippen molar-refractivity contribution in [3.8, 4) is 11.5 Å². The molecule has 0 saturated heterocycles. The van der Waals surface area contributed by atoms with Gasteiger partial charge < -0.3 is 24.8 Å². The molecule has 2 atom stereocenters. The number of benzene rings is 1. The lowest BCUT2D eigenvalue weighted by atomic mass is 10.0. The maximum Gasteiger partial charge on any atom is 0.408 e. The number of carbonyl (C=O) groups is 2. The molecule has 0 saturated carbocycles. The summed E-state index contributed by atoms with van der Waals surface area (Å²) in [6, 6.07) is 6.34. The van der Waals surface area contributed by atoms with Gasteiger partial charge in [-0.25, -0.2) is 4.79 Å². The fourth-order valence-corrected chi connectivity index (χ4v) is 2.37. The second kappa shape index (κ2) is 11.3. The molecular weight excluding hydrogens is 348 g/mol. The van der Waals surface area contributed by atoms with Crippen LogP contribution in [-0.2, 0) is 9.53 Å². The smallest absolute Gasteiger partial charge is 0.408 e. The Morgan fingerprint density at radius 3 is 2.07 bits per heavy atom. The summed E-state index contributed by atoms with van der Waals surface area (Å²) in [6.45, 7) is 9.66. The molecule has 0 aromatic heterocycles. The van der Waals surface area contributed by atoms with Crippen molar-refractivity contribution in [2.24, 2.45) is 5.92 Å². The summed E-state index contributed by atoms with van der Waals surface area (Å²) in [7, 11) is 1.60. The zero-order valence-corrected chi connectivity index (χ0v) is 17.1. The van der Waals surface area contributed by atoms with Crippen LogP contribution in [0.1, 0.15) is 41.0 Å². The molecule has 2 amide bonds. The first-order chi connectivity index (χ1) is 12.7. The van der Waals surface area contributed by atoms with Crippen molar-refractivity contribution in [3.63, 3.8) is 0 Å². The molecule has 7 nitrogen and oxygen atoms in total. The van der Waals surface area contributed by atoms with Gasteiger partial charge in [0.1, 0.15) is 24.1 Å². The first-order valence-corrected chi connectivity index (χ1v) is 9.25. The minimum Gasteiger partial charge on any atom is -0.497 e. The molecular formula is C20H32N2O5. The third-order valence-electron chi connectivity index (χ3n) is 3.61. The normalized spacial score (nSPS) is 13.0. The number of nitrogens with one attached hydrogen (secondary N) is 2. The fraction of sp³-hybridized carbons (Fsp3) is 0.600. The SMILES string of the molecule is COc1ccc(OCC(C)NC(=O)C(CC(C)C)NC(=O)OC(C)C)cc1. The van der Waals surface area contributed by atoms with E-state index in [0.29, 0.717) is 18.8 Å². The van der Waals surface area contributed by atoms with Crippen LogP contribution in [0.3, 0.4) is 0 Å². The molecule has 0 aliphatic rings. The van der Waals surface area contributed by atoms with Crippen LogP contribution in [0, 0.1) is 5.92 Å². The van der Waals surface area contributed by atoms with E-state index in [1.165, 1.54) is 0 Å². The average Bonchev–Trinajstić information content (AvgIpc) is 2.58. The van der Waals surface area contributed by atoms with Gasteiger partial charge in [-0.05, 0) is 57.4 Å². The zero-order valence-electron chi connectivity index (χ0n) is 17.1. The molecule has 2 unspecified atom stereocenters. The number of carbonyl (C=O) groups excluding carboxylic acids is 2. The van der Waals surface area contributed by atoms with Gasteiger partial charge in [0.05, 0.1) is 19.3 Å². The molecule has 0 bridgehead atoms. The van der Waals surface area contributed by atoms with Gasteiger partial charge in [0.2, 0.25) is 5.91 Å². The maximum atomic E-state index is 12.6. The Bertz CT molecular complexity index is 587. The van der Waals surface area contributed by atoms with Crippen LogP contribution in [0.25, 0.3) is 0 Å². The molecule has 2 N–H and O–H groups in total. The van der Waals surface area contributed by atoms with E-state index < -0.39 is 12.1 Å². The number of rotatable bonds is 10. The minimum absolute atomic E-state index is 0.225. The third kappa shape index (κ3) is 9.17. The van der Waals surface area contributed by atoms with E-state index in [1.54, 1.807) is 33.1 Å². The van der Waals surface area contributed by atoms with Crippen molar-refractivity contribution in [2.75, 3.05) is 13.7 Å². The lowest BCUT2D eigenvalue weighted by Gasteiger charge is -2.23. The molecule has 152 valence electrons. The Morgan fingerprint density at radius 1 is 0.963 bits per heavy atom. The van der Waals surface area contributed by atoms with Crippen molar-refractivity contribution in [3.05, 3.63) is 24.3 Å². The number of hydrogen-bond donors (Lipinski definition) is 2.